The van der Waals surface area contributed by atoms with E-state index in [1.807, 2.05) is 0 Å². The van der Waals surface area contributed by atoms with Crippen molar-refractivity contribution in [3.63, 3.8) is 0 Å². The number of hydrogen-bond donors (Lipinski definition) is 1. The highest BCUT2D eigenvalue weighted by Crippen LogP contribution is 2.30. The van der Waals surface area contributed by atoms with E-state index in [4.69, 9.17) is 11.6 Å². The molecule has 2 heterocycles. The normalized spacial score (nSPS) is 28.5. The van der Waals surface area contributed by atoms with Gasteiger partial charge in [-0.3, -0.25) is 0 Å². The Morgan fingerprint density at radius 3 is 2.22 bits per heavy atom. The van der Waals surface area contributed by atoms with E-state index >= 15 is 0 Å². The molecule has 1 N–H and O–H groups in total. The quantitative estimate of drug-likeness (QED) is 0.888. The summed E-state index contributed by atoms with van der Waals surface area (Å²) in [6, 6.07) is 6.38. The first-order valence-electron chi connectivity index (χ1n) is 6.04. The van der Waals surface area contributed by atoms with Gasteiger partial charge in [0.15, 0.2) is 0 Å². The molecule has 0 aliphatic carbocycles. The Bertz CT molecular complexity index is 532. The maximum atomic E-state index is 12.4. The molecule has 2 atom stereocenters. The molecular formula is C12H15ClN2O2S. The van der Waals surface area contributed by atoms with Crippen LogP contribution in [0.5, 0.6) is 0 Å². The molecule has 6 heteroatoms. The molecule has 0 bridgehead atoms. The van der Waals surface area contributed by atoms with Gasteiger partial charge in [0, 0.05) is 18.1 Å². The van der Waals surface area contributed by atoms with Gasteiger partial charge < -0.3 is 5.32 Å². The van der Waals surface area contributed by atoms with E-state index in [-0.39, 0.29) is 0 Å². The van der Waals surface area contributed by atoms with Crippen LogP contribution in [0.1, 0.15) is 0 Å². The molecule has 1 aromatic rings. The van der Waals surface area contributed by atoms with Crippen molar-refractivity contribution in [3.05, 3.63) is 29.3 Å². The Morgan fingerprint density at radius 2 is 1.67 bits per heavy atom. The maximum Gasteiger partial charge on any atom is 0.243 e. The number of hydrogen-bond acceptors (Lipinski definition) is 3. The summed E-state index contributed by atoms with van der Waals surface area (Å²) < 4.78 is 26.5. The van der Waals surface area contributed by atoms with Crippen molar-refractivity contribution in [1.29, 1.82) is 0 Å². The molecule has 0 radical (unpaired) electrons. The molecule has 98 valence electrons. The van der Waals surface area contributed by atoms with Crippen LogP contribution < -0.4 is 5.32 Å². The lowest BCUT2D eigenvalue weighted by Crippen LogP contribution is -2.31. The minimum absolute atomic E-state index is 0.333. The fraction of sp³-hybridized carbons (Fsp3) is 0.500. The van der Waals surface area contributed by atoms with Gasteiger partial charge in [-0.2, -0.15) is 4.31 Å². The number of nitrogens with one attached hydrogen (secondary N) is 1. The first-order valence-corrected chi connectivity index (χ1v) is 7.85. The Hall–Kier alpha value is -0.620. The van der Waals surface area contributed by atoms with E-state index in [0.717, 1.165) is 13.1 Å². The molecule has 1 aromatic carbocycles. The zero-order chi connectivity index (χ0) is 12.8. The highest BCUT2D eigenvalue weighted by molar-refractivity contribution is 7.89. The van der Waals surface area contributed by atoms with E-state index in [1.54, 1.807) is 28.6 Å². The molecule has 2 aliphatic heterocycles. The molecule has 0 aromatic heterocycles. The SMILES string of the molecule is O=S(=O)(c1ccc(Cl)cc1)N1C[C@H]2CNC[C@H]2C1. The molecule has 4 nitrogen and oxygen atoms in total. The summed E-state index contributed by atoms with van der Waals surface area (Å²) in [6.07, 6.45) is 0. The summed E-state index contributed by atoms with van der Waals surface area (Å²) >= 11 is 5.78. The van der Waals surface area contributed by atoms with Crippen LogP contribution >= 0.6 is 11.6 Å². The number of nitrogens with zero attached hydrogens (tertiary/aromatic N) is 1. The van der Waals surface area contributed by atoms with Crippen molar-refractivity contribution in [3.8, 4) is 0 Å². The summed E-state index contributed by atoms with van der Waals surface area (Å²) in [5.41, 5.74) is 0. The summed E-state index contributed by atoms with van der Waals surface area (Å²) in [4.78, 5) is 0.333. The van der Waals surface area contributed by atoms with Crippen molar-refractivity contribution in [2.75, 3.05) is 26.2 Å². The molecule has 2 saturated heterocycles. The molecule has 0 unspecified atom stereocenters. The number of rotatable bonds is 2. The fourth-order valence-corrected chi connectivity index (χ4v) is 4.44. The zero-order valence-corrected chi connectivity index (χ0v) is 11.4. The highest BCUT2D eigenvalue weighted by atomic mass is 35.5. The van der Waals surface area contributed by atoms with Crippen LogP contribution in [0.25, 0.3) is 0 Å². The van der Waals surface area contributed by atoms with Crippen molar-refractivity contribution in [2.24, 2.45) is 11.8 Å². The van der Waals surface area contributed by atoms with Gasteiger partial charge in [-0.1, -0.05) is 11.6 Å². The fourth-order valence-electron chi connectivity index (χ4n) is 2.76. The van der Waals surface area contributed by atoms with Gasteiger partial charge in [0.05, 0.1) is 4.90 Å². The van der Waals surface area contributed by atoms with E-state index in [9.17, 15) is 8.42 Å². The van der Waals surface area contributed by atoms with E-state index < -0.39 is 10.0 Å². The van der Waals surface area contributed by atoms with Crippen LogP contribution in [0.4, 0.5) is 0 Å². The lowest BCUT2D eigenvalue weighted by molar-refractivity contribution is 0.448. The van der Waals surface area contributed by atoms with E-state index in [2.05, 4.69) is 5.32 Å². The van der Waals surface area contributed by atoms with Gasteiger partial charge in [-0.25, -0.2) is 8.42 Å². The van der Waals surface area contributed by atoms with Crippen LogP contribution in [0.2, 0.25) is 5.02 Å². The first kappa shape index (κ1) is 12.4. The van der Waals surface area contributed by atoms with Crippen LogP contribution in [0.3, 0.4) is 0 Å². The van der Waals surface area contributed by atoms with E-state index in [1.165, 1.54) is 0 Å². The summed E-state index contributed by atoms with van der Waals surface area (Å²) in [6.45, 7) is 3.11. The number of benzene rings is 1. The third-order valence-electron chi connectivity index (χ3n) is 3.81. The Morgan fingerprint density at radius 1 is 1.11 bits per heavy atom. The molecule has 3 rings (SSSR count). The van der Waals surface area contributed by atoms with Crippen LogP contribution in [-0.2, 0) is 10.0 Å². The zero-order valence-electron chi connectivity index (χ0n) is 9.84. The van der Waals surface area contributed by atoms with Crippen molar-refractivity contribution in [1.82, 2.24) is 9.62 Å². The highest BCUT2D eigenvalue weighted by Gasteiger charge is 2.41. The Labute approximate surface area is 112 Å². The lowest BCUT2D eigenvalue weighted by Gasteiger charge is -2.17. The minimum atomic E-state index is -3.35. The third-order valence-corrected chi connectivity index (χ3v) is 5.91. The molecule has 18 heavy (non-hydrogen) atoms. The first-order chi connectivity index (χ1) is 8.57. The predicted molar refractivity (Wildman–Crippen MR) is 70.1 cm³/mol. The third kappa shape index (κ3) is 2.05. The lowest BCUT2D eigenvalue weighted by atomic mass is 10.0. The number of halogens is 1. The van der Waals surface area contributed by atoms with Gasteiger partial charge in [0.25, 0.3) is 0 Å². The second kappa shape index (κ2) is 4.49. The van der Waals surface area contributed by atoms with E-state index in [0.29, 0.717) is 34.8 Å². The van der Waals surface area contributed by atoms with Crippen molar-refractivity contribution >= 4 is 21.6 Å². The second-order valence-electron chi connectivity index (χ2n) is 4.95. The van der Waals surface area contributed by atoms with Crippen LogP contribution in [0.15, 0.2) is 29.2 Å². The molecule has 2 aliphatic rings. The minimum Gasteiger partial charge on any atom is -0.316 e. The number of fused-ring (bicyclic) bond motifs is 1. The van der Waals surface area contributed by atoms with Gasteiger partial charge in [-0.05, 0) is 49.2 Å². The molecule has 0 amide bonds. The summed E-state index contributed by atoms with van der Waals surface area (Å²) in [7, 11) is -3.35. The standard InChI is InChI=1S/C12H15ClN2O2S/c13-11-1-3-12(4-2-11)18(16,17)15-7-9-5-14-6-10(9)8-15/h1-4,9-10,14H,5-8H2/t9-,10+. The average molecular weight is 287 g/mol. The van der Waals surface area contributed by atoms with Gasteiger partial charge in [0.1, 0.15) is 0 Å². The molecular weight excluding hydrogens is 272 g/mol. The molecule has 0 saturated carbocycles. The average Bonchev–Trinajstić information content (AvgIpc) is 2.89. The monoisotopic (exact) mass is 286 g/mol. The summed E-state index contributed by atoms with van der Waals surface area (Å²) in [5, 5.41) is 3.86. The Kier molecular flexibility index (Phi) is 3.10. The second-order valence-corrected chi connectivity index (χ2v) is 7.33. The van der Waals surface area contributed by atoms with Gasteiger partial charge in [0.2, 0.25) is 10.0 Å². The largest absolute Gasteiger partial charge is 0.316 e. The van der Waals surface area contributed by atoms with Gasteiger partial charge >= 0.3 is 0 Å². The number of sulfonamides is 1. The van der Waals surface area contributed by atoms with Crippen LogP contribution in [-0.4, -0.2) is 38.9 Å². The van der Waals surface area contributed by atoms with Crippen molar-refractivity contribution in [2.45, 2.75) is 4.90 Å². The summed E-state index contributed by atoms with van der Waals surface area (Å²) in [5.74, 6) is 0.930. The predicted octanol–water partition coefficient (Wildman–Crippen LogP) is 1.18. The Balaban J connectivity index is 1.85. The topological polar surface area (TPSA) is 49.4 Å². The maximum absolute atomic E-state index is 12.4. The smallest absolute Gasteiger partial charge is 0.243 e. The molecule has 2 fully saturated rings. The van der Waals surface area contributed by atoms with Crippen molar-refractivity contribution < 1.29 is 8.42 Å². The molecule has 0 spiro atoms. The van der Waals surface area contributed by atoms with Crippen LogP contribution in [0, 0.1) is 11.8 Å². The van der Waals surface area contributed by atoms with Gasteiger partial charge in [-0.15, -0.1) is 0 Å².